The van der Waals surface area contributed by atoms with Crippen molar-refractivity contribution < 1.29 is 9.18 Å². The molecule has 1 atom stereocenters. The number of nitrogens with one attached hydrogen (secondary N) is 2. The lowest BCUT2D eigenvalue weighted by Crippen LogP contribution is -2.44. The van der Waals surface area contributed by atoms with Crippen LogP contribution < -0.4 is 10.6 Å². The fourth-order valence-corrected chi connectivity index (χ4v) is 3.26. The molecule has 1 amide bonds. The van der Waals surface area contributed by atoms with E-state index in [4.69, 9.17) is 0 Å². The summed E-state index contributed by atoms with van der Waals surface area (Å²) < 4.78 is 13.0. The molecule has 0 aliphatic carbocycles. The highest BCUT2D eigenvalue weighted by Gasteiger charge is 2.30. The first-order valence-corrected chi connectivity index (χ1v) is 9.73. The standard InChI is InChI=1S/C20H32FN5O.HI/c1-4-22-20(24-15-16-8-10-17(21)11-9-16)23-12-6-14-26-13-5-7-18(26)19(27)25(2)3;/h8-11,18H,4-7,12-15H2,1-3H3,(H2,22,23,24);1H. The number of likely N-dealkylation sites (tertiary alicyclic amines) is 1. The van der Waals surface area contributed by atoms with Crippen molar-refractivity contribution in [1.29, 1.82) is 0 Å². The lowest BCUT2D eigenvalue weighted by atomic mass is 10.2. The van der Waals surface area contributed by atoms with Crippen molar-refractivity contribution in [3.63, 3.8) is 0 Å². The van der Waals surface area contributed by atoms with Gasteiger partial charge in [-0.25, -0.2) is 9.38 Å². The Kier molecular flexibility index (Phi) is 11.4. The van der Waals surface area contributed by atoms with Crippen LogP contribution in [-0.4, -0.2) is 68.0 Å². The smallest absolute Gasteiger partial charge is 0.239 e. The maximum Gasteiger partial charge on any atom is 0.239 e. The lowest BCUT2D eigenvalue weighted by molar-refractivity contribution is -0.133. The Morgan fingerprint density at radius 1 is 1.29 bits per heavy atom. The molecule has 1 aromatic rings. The zero-order valence-corrected chi connectivity index (χ0v) is 19.4. The van der Waals surface area contributed by atoms with Gasteiger partial charge in [-0.1, -0.05) is 12.1 Å². The zero-order valence-electron chi connectivity index (χ0n) is 17.1. The third-order valence-corrected chi connectivity index (χ3v) is 4.68. The molecule has 0 spiro atoms. The zero-order chi connectivity index (χ0) is 19.6. The van der Waals surface area contributed by atoms with Crippen LogP contribution >= 0.6 is 24.0 Å². The minimum atomic E-state index is -0.235. The van der Waals surface area contributed by atoms with Crippen LogP contribution in [0.3, 0.4) is 0 Å². The van der Waals surface area contributed by atoms with Crippen LogP contribution in [0.5, 0.6) is 0 Å². The third-order valence-electron chi connectivity index (χ3n) is 4.68. The number of aliphatic imine (C=N–C) groups is 1. The van der Waals surface area contributed by atoms with E-state index in [1.807, 2.05) is 21.0 Å². The molecule has 2 N–H and O–H groups in total. The molecule has 28 heavy (non-hydrogen) atoms. The second kappa shape index (κ2) is 12.9. The Balaban J connectivity index is 0.00000392. The van der Waals surface area contributed by atoms with Gasteiger partial charge in [0.2, 0.25) is 5.91 Å². The molecule has 6 nitrogen and oxygen atoms in total. The molecule has 1 unspecified atom stereocenters. The van der Waals surface area contributed by atoms with E-state index < -0.39 is 0 Å². The molecule has 1 heterocycles. The highest BCUT2D eigenvalue weighted by atomic mass is 127. The van der Waals surface area contributed by atoms with E-state index in [1.54, 1.807) is 17.0 Å². The molecule has 0 bridgehead atoms. The molecule has 0 aromatic heterocycles. The van der Waals surface area contributed by atoms with Gasteiger partial charge in [-0.2, -0.15) is 0 Å². The van der Waals surface area contributed by atoms with Crippen molar-refractivity contribution in [2.75, 3.05) is 40.3 Å². The average Bonchev–Trinajstić information content (AvgIpc) is 3.12. The first-order valence-electron chi connectivity index (χ1n) is 9.73. The number of rotatable bonds is 8. The summed E-state index contributed by atoms with van der Waals surface area (Å²) in [5.74, 6) is 0.722. The summed E-state index contributed by atoms with van der Waals surface area (Å²) in [6, 6.07) is 6.43. The number of benzene rings is 1. The van der Waals surface area contributed by atoms with E-state index in [0.717, 1.165) is 57.0 Å². The summed E-state index contributed by atoms with van der Waals surface area (Å²) in [5, 5.41) is 6.56. The van der Waals surface area contributed by atoms with E-state index in [2.05, 4.69) is 20.5 Å². The maximum atomic E-state index is 13.0. The molecule has 1 aliphatic rings. The van der Waals surface area contributed by atoms with Crippen molar-refractivity contribution in [1.82, 2.24) is 20.4 Å². The summed E-state index contributed by atoms with van der Waals surface area (Å²) >= 11 is 0. The number of carbonyl (C=O) groups excluding carboxylic acids is 1. The molecule has 1 aromatic carbocycles. The van der Waals surface area contributed by atoms with Gasteiger partial charge >= 0.3 is 0 Å². The topological polar surface area (TPSA) is 60.0 Å². The Hall–Kier alpha value is -1.42. The second-order valence-corrected chi connectivity index (χ2v) is 7.03. The van der Waals surface area contributed by atoms with Gasteiger partial charge in [0.25, 0.3) is 0 Å². The molecule has 0 radical (unpaired) electrons. The van der Waals surface area contributed by atoms with Crippen LogP contribution in [0, 0.1) is 5.82 Å². The molecule has 158 valence electrons. The van der Waals surface area contributed by atoms with Gasteiger partial charge in [0.15, 0.2) is 5.96 Å². The fourth-order valence-electron chi connectivity index (χ4n) is 3.26. The highest BCUT2D eigenvalue weighted by Crippen LogP contribution is 2.18. The molecule has 1 aliphatic heterocycles. The van der Waals surface area contributed by atoms with Crippen LogP contribution in [0.4, 0.5) is 4.39 Å². The Morgan fingerprint density at radius 3 is 2.64 bits per heavy atom. The number of nitrogens with zero attached hydrogens (tertiary/aromatic N) is 3. The van der Waals surface area contributed by atoms with E-state index >= 15 is 0 Å². The maximum absolute atomic E-state index is 13.0. The Bertz CT molecular complexity index is 624. The molecule has 1 fully saturated rings. The van der Waals surface area contributed by atoms with E-state index in [-0.39, 0.29) is 41.7 Å². The summed E-state index contributed by atoms with van der Waals surface area (Å²) in [4.78, 5) is 20.8. The number of amides is 1. The number of likely N-dealkylation sites (N-methyl/N-ethyl adjacent to an activating group) is 1. The Labute approximate surface area is 185 Å². The van der Waals surface area contributed by atoms with E-state index in [0.29, 0.717) is 6.54 Å². The Morgan fingerprint density at radius 2 is 2.00 bits per heavy atom. The van der Waals surface area contributed by atoms with E-state index in [9.17, 15) is 9.18 Å². The summed E-state index contributed by atoms with van der Waals surface area (Å²) in [6.07, 6.45) is 2.98. The fraction of sp³-hybridized carbons (Fsp3) is 0.600. The highest BCUT2D eigenvalue weighted by molar-refractivity contribution is 14.0. The van der Waals surface area contributed by atoms with Gasteiger partial charge in [0, 0.05) is 33.7 Å². The third kappa shape index (κ3) is 7.90. The largest absolute Gasteiger partial charge is 0.357 e. The van der Waals surface area contributed by atoms with Gasteiger partial charge in [0.1, 0.15) is 5.82 Å². The molecular weight excluding hydrogens is 472 g/mol. The predicted molar refractivity (Wildman–Crippen MR) is 123 cm³/mol. The van der Waals surface area contributed by atoms with Crippen LogP contribution in [0.15, 0.2) is 29.3 Å². The van der Waals surface area contributed by atoms with Crippen LogP contribution in [0.2, 0.25) is 0 Å². The molecule has 2 rings (SSSR count). The van der Waals surface area contributed by atoms with E-state index in [1.165, 1.54) is 12.1 Å². The average molecular weight is 505 g/mol. The molecule has 1 saturated heterocycles. The van der Waals surface area contributed by atoms with Crippen molar-refractivity contribution in [2.24, 2.45) is 4.99 Å². The van der Waals surface area contributed by atoms with Crippen LogP contribution in [0.1, 0.15) is 31.7 Å². The first-order chi connectivity index (χ1) is 13.0. The number of carbonyl (C=O) groups is 1. The van der Waals surface area contributed by atoms with Crippen molar-refractivity contribution in [3.05, 3.63) is 35.6 Å². The second-order valence-electron chi connectivity index (χ2n) is 7.03. The number of hydrogen-bond donors (Lipinski definition) is 2. The number of halogens is 2. The lowest BCUT2D eigenvalue weighted by Gasteiger charge is -2.26. The first kappa shape index (κ1) is 24.6. The van der Waals surface area contributed by atoms with Gasteiger partial charge < -0.3 is 15.5 Å². The van der Waals surface area contributed by atoms with Crippen LogP contribution in [0.25, 0.3) is 0 Å². The van der Waals surface area contributed by atoms with Gasteiger partial charge in [-0.15, -0.1) is 24.0 Å². The summed E-state index contributed by atoms with van der Waals surface area (Å²) in [5.41, 5.74) is 0.968. The number of hydrogen-bond acceptors (Lipinski definition) is 3. The normalized spacial score (nSPS) is 17.1. The summed E-state index contributed by atoms with van der Waals surface area (Å²) in [6.45, 7) is 5.98. The van der Waals surface area contributed by atoms with Gasteiger partial charge in [-0.3, -0.25) is 9.69 Å². The molecule has 8 heteroatoms. The van der Waals surface area contributed by atoms with Crippen LogP contribution in [-0.2, 0) is 11.3 Å². The quantitative estimate of drug-likeness (QED) is 0.247. The predicted octanol–water partition coefficient (Wildman–Crippen LogP) is 2.44. The molecule has 0 saturated carbocycles. The number of guanidine groups is 1. The minimum Gasteiger partial charge on any atom is -0.357 e. The van der Waals surface area contributed by atoms with Gasteiger partial charge in [0.05, 0.1) is 12.6 Å². The minimum absolute atomic E-state index is 0. The SMILES string of the molecule is CCNC(=NCc1ccc(F)cc1)NCCCN1CCCC1C(=O)N(C)C.I. The van der Waals surface area contributed by atoms with Crippen molar-refractivity contribution >= 4 is 35.8 Å². The molecular formula is C20H33FIN5O. The van der Waals surface area contributed by atoms with Crippen molar-refractivity contribution in [2.45, 2.75) is 38.8 Å². The van der Waals surface area contributed by atoms with Crippen molar-refractivity contribution in [3.8, 4) is 0 Å². The van der Waals surface area contributed by atoms with Gasteiger partial charge in [-0.05, 0) is 50.4 Å². The monoisotopic (exact) mass is 505 g/mol. The summed E-state index contributed by atoms with van der Waals surface area (Å²) in [7, 11) is 3.64.